The zero-order chi connectivity index (χ0) is 17.5. The third-order valence-electron chi connectivity index (χ3n) is 3.69. The minimum atomic E-state index is -0.0477. The van der Waals surface area contributed by atoms with Crippen molar-refractivity contribution in [3.05, 3.63) is 77.1 Å². The number of nitrogens with one attached hydrogen (secondary N) is 1. The molecule has 0 aliphatic carbocycles. The van der Waals surface area contributed by atoms with Crippen LogP contribution in [0.3, 0.4) is 0 Å². The van der Waals surface area contributed by atoms with E-state index < -0.39 is 0 Å². The minimum absolute atomic E-state index is 0.0477. The quantitative estimate of drug-likeness (QED) is 0.685. The standard InChI is InChI=1S/C20H19N3OS/c1-15(13-16-5-3-2-4-6-16)19(24)22-12-9-18-14-25-20(23-18)17-7-10-21-11-8-17/h2-8,10-11,13-14H,9,12H2,1H3,(H,22,24)/b15-13+. The molecular formula is C20H19N3OS. The summed E-state index contributed by atoms with van der Waals surface area (Å²) >= 11 is 1.61. The molecule has 25 heavy (non-hydrogen) atoms. The lowest BCUT2D eigenvalue weighted by molar-refractivity contribution is -0.117. The molecule has 0 unspecified atom stereocenters. The molecule has 3 aromatic rings. The number of aromatic nitrogens is 2. The van der Waals surface area contributed by atoms with Gasteiger partial charge >= 0.3 is 0 Å². The summed E-state index contributed by atoms with van der Waals surface area (Å²) < 4.78 is 0. The lowest BCUT2D eigenvalue weighted by Crippen LogP contribution is -2.26. The van der Waals surface area contributed by atoms with Crippen LogP contribution in [0.2, 0.25) is 0 Å². The fourth-order valence-corrected chi connectivity index (χ4v) is 3.22. The molecule has 0 fully saturated rings. The molecule has 1 aromatic carbocycles. The molecule has 1 amide bonds. The number of hydrogen-bond donors (Lipinski definition) is 1. The normalized spacial score (nSPS) is 11.3. The summed E-state index contributed by atoms with van der Waals surface area (Å²) in [5.41, 5.74) is 3.78. The van der Waals surface area contributed by atoms with Gasteiger partial charge in [-0.1, -0.05) is 30.3 Å². The molecule has 0 bridgehead atoms. The van der Waals surface area contributed by atoms with Crippen LogP contribution in [-0.4, -0.2) is 22.4 Å². The van der Waals surface area contributed by atoms with Crippen LogP contribution in [0, 0.1) is 0 Å². The summed E-state index contributed by atoms with van der Waals surface area (Å²) in [6.07, 6.45) is 6.13. The average Bonchev–Trinajstić information content (AvgIpc) is 3.12. The average molecular weight is 349 g/mol. The van der Waals surface area contributed by atoms with Crippen molar-refractivity contribution in [3.8, 4) is 10.6 Å². The number of carbonyl (C=O) groups is 1. The topological polar surface area (TPSA) is 54.9 Å². The van der Waals surface area contributed by atoms with Crippen LogP contribution in [0.15, 0.2) is 65.8 Å². The highest BCUT2D eigenvalue weighted by molar-refractivity contribution is 7.13. The maximum Gasteiger partial charge on any atom is 0.246 e. The number of rotatable bonds is 6. The highest BCUT2D eigenvalue weighted by Gasteiger charge is 2.07. The van der Waals surface area contributed by atoms with Gasteiger partial charge in [-0.3, -0.25) is 9.78 Å². The first kappa shape index (κ1) is 17.0. The Kier molecular flexibility index (Phi) is 5.69. The Morgan fingerprint density at radius 3 is 2.68 bits per heavy atom. The molecule has 2 aromatic heterocycles. The Bertz CT molecular complexity index is 857. The van der Waals surface area contributed by atoms with Gasteiger partial charge < -0.3 is 5.32 Å². The molecule has 3 rings (SSSR count). The third-order valence-corrected chi connectivity index (χ3v) is 4.63. The highest BCUT2D eigenvalue weighted by atomic mass is 32.1. The molecule has 2 heterocycles. The van der Waals surface area contributed by atoms with Crippen LogP contribution in [0.4, 0.5) is 0 Å². The SMILES string of the molecule is C/C(=C\c1ccccc1)C(=O)NCCc1csc(-c2ccncc2)n1. The van der Waals surface area contributed by atoms with Crippen LogP contribution in [0.5, 0.6) is 0 Å². The largest absolute Gasteiger partial charge is 0.352 e. The zero-order valence-electron chi connectivity index (χ0n) is 14.0. The Labute approximate surface area is 151 Å². The summed E-state index contributed by atoms with van der Waals surface area (Å²) in [5, 5.41) is 5.96. The molecule has 0 saturated heterocycles. The second kappa shape index (κ2) is 8.35. The second-order valence-electron chi connectivity index (χ2n) is 5.62. The highest BCUT2D eigenvalue weighted by Crippen LogP contribution is 2.22. The number of thiazole rings is 1. The van der Waals surface area contributed by atoms with Crippen molar-refractivity contribution in [1.29, 1.82) is 0 Å². The summed E-state index contributed by atoms with van der Waals surface area (Å²) in [5.74, 6) is -0.0477. The molecule has 4 nitrogen and oxygen atoms in total. The van der Waals surface area contributed by atoms with Crippen molar-refractivity contribution in [1.82, 2.24) is 15.3 Å². The first-order valence-electron chi connectivity index (χ1n) is 8.09. The van der Waals surface area contributed by atoms with Gasteiger partial charge in [0.1, 0.15) is 5.01 Å². The van der Waals surface area contributed by atoms with Gasteiger partial charge in [-0.2, -0.15) is 0 Å². The lowest BCUT2D eigenvalue weighted by Gasteiger charge is -2.04. The Morgan fingerprint density at radius 2 is 1.92 bits per heavy atom. The van der Waals surface area contributed by atoms with Crippen LogP contribution in [0.25, 0.3) is 16.6 Å². The van der Waals surface area contributed by atoms with Crippen LogP contribution in [-0.2, 0) is 11.2 Å². The van der Waals surface area contributed by atoms with Crippen molar-refractivity contribution in [2.75, 3.05) is 6.54 Å². The monoisotopic (exact) mass is 349 g/mol. The van der Waals surface area contributed by atoms with Crippen molar-refractivity contribution >= 4 is 23.3 Å². The van der Waals surface area contributed by atoms with Crippen molar-refractivity contribution < 1.29 is 4.79 Å². The van der Waals surface area contributed by atoms with Crippen LogP contribution < -0.4 is 5.32 Å². The number of amides is 1. The zero-order valence-corrected chi connectivity index (χ0v) is 14.8. The van der Waals surface area contributed by atoms with E-state index in [-0.39, 0.29) is 5.91 Å². The predicted octanol–water partition coefficient (Wildman–Crippen LogP) is 3.97. The predicted molar refractivity (Wildman–Crippen MR) is 102 cm³/mol. The van der Waals surface area contributed by atoms with Crippen LogP contribution in [0.1, 0.15) is 18.2 Å². The number of hydrogen-bond acceptors (Lipinski definition) is 4. The molecule has 0 aliphatic rings. The van der Waals surface area contributed by atoms with Crippen LogP contribution >= 0.6 is 11.3 Å². The summed E-state index contributed by atoms with van der Waals surface area (Å²) in [6, 6.07) is 13.7. The van der Waals surface area contributed by atoms with Gasteiger partial charge in [-0.25, -0.2) is 4.98 Å². The van der Waals surface area contributed by atoms with Gasteiger partial charge in [0, 0.05) is 41.9 Å². The minimum Gasteiger partial charge on any atom is -0.352 e. The van der Waals surface area contributed by atoms with E-state index >= 15 is 0 Å². The van der Waals surface area contributed by atoms with Gasteiger partial charge in [0.05, 0.1) is 5.69 Å². The first-order valence-corrected chi connectivity index (χ1v) is 8.97. The van der Waals surface area contributed by atoms with E-state index in [1.807, 2.05) is 60.8 Å². The lowest BCUT2D eigenvalue weighted by atomic mass is 10.1. The van der Waals surface area contributed by atoms with Gasteiger partial charge in [-0.15, -0.1) is 11.3 Å². The van der Waals surface area contributed by atoms with E-state index in [0.717, 1.165) is 21.8 Å². The van der Waals surface area contributed by atoms with E-state index in [1.54, 1.807) is 23.7 Å². The summed E-state index contributed by atoms with van der Waals surface area (Å²) in [6.45, 7) is 2.39. The Balaban J connectivity index is 1.52. The number of pyridine rings is 1. The molecule has 0 spiro atoms. The summed E-state index contributed by atoms with van der Waals surface area (Å²) in [7, 11) is 0. The van der Waals surface area contributed by atoms with Gasteiger partial charge in [0.25, 0.3) is 0 Å². The maximum atomic E-state index is 12.2. The molecule has 0 saturated carbocycles. The van der Waals surface area contributed by atoms with E-state index in [4.69, 9.17) is 0 Å². The molecule has 0 aliphatic heterocycles. The van der Waals surface area contributed by atoms with Gasteiger partial charge in [0.2, 0.25) is 5.91 Å². The number of benzene rings is 1. The van der Waals surface area contributed by atoms with E-state index in [1.165, 1.54) is 0 Å². The van der Waals surface area contributed by atoms with Crippen molar-refractivity contribution in [3.63, 3.8) is 0 Å². The second-order valence-corrected chi connectivity index (χ2v) is 6.48. The van der Waals surface area contributed by atoms with Gasteiger partial charge in [0.15, 0.2) is 0 Å². The summed E-state index contributed by atoms with van der Waals surface area (Å²) in [4.78, 5) is 20.8. The molecule has 0 radical (unpaired) electrons. The molecule has 5 heteroatoms. The van der Waals surface area contributed by atoms with E-state index in [2.05, 4.69) is 15.3 Å². The fraction of sp³-hybridized carbons (Fsp3) is 0.150. The van der Waals surface area contributed by atoms with E-state index in [0.29, 0.717) is 18.5 Å². The Morgan fingerprint density at radius 1 is 1.16 bits per heavy atom. The molecule has 126 valence electrons. The van der Waals surface area contributed by atoms with E-state index in [9.17, 15) is 4.79 Å². The van der Waals surface area contributed by atoms with Crippen molar-refractivity contribution in [2.45, 2.75) is 13.3 Å². The molecule has 1 N–H and O–H groups in total. The smallest absolute Gasteiger partial charge is 0.246 e. The molecule has 0 atom stereocenters. The first-order chi connectivity index (χ1) is 12.2. The van der Waals surface area contributed by atoms with Crippen molar-refractivity contribution in [2.24, 2.45) is 0 Å². The number of nitrogens with zero attached hydrogens (tertiary/aromatic N) is 2. The Hall–Kier alpha value is -2.79. The third kappa shape index (κ3) is 4.84. The maximum absolute atomic E-state index is 12.2. The molecular weight excluding hydrogens is 330 g/mol. The fourth-order valence-electron chi connectivity index (χ4n) is 2.36. The van der Waals surface area contributed by atoms with Gasteiger partial charge in [-0.05, 0) is 30.7 Å². The number of carbonyl (C=O) groups excluding carboxylic acids is 1.